The van der Waals surface area contributed by atoms with Crippen LogP contribution in [-0.2, 0) is 5.11 Å². The Kier molecular flexibility index (Phi) is 10.7. The van der Waals surface area contributed by atoms with Crippen LogP contribution in [0.1, 0.15) is 103 Å². The maximum Gasteiger partial charge on any atom is 0.0930 e. The zero-order chi connectivity index (χ0) is 12.9. The molecule has 1 radical (unpaired) electrons. The maximum atomic E-state index is 11.7. The van der Waals surface area contributed by atoms with E-state index in [2.05, 4.69) is 0 Å². The van der Waals surface area contributed by atoms with Gasteiger partial charge in [0.15, 0.2) is 0 Å². The van der Waals surface area contributed by atoms with Crippen LogP contribution in [-0.4, -0.2) is 6.10 Å². The average Bonchev–Trinajstić information content (AvgIpc) is 2.37. The molecule has 1 aliphatic rings. The Labute approximate surface area is 114 Å². The highest BCUT2D eigenvalue weighted by molar-refractivity contribution is 4.58. The second-order valence-electron chi connectivity index (χ2n) is 6.15. The predicted molar refractivity (Wildman–Crippen MR) is 78.3 cm³/mol. The van der Waals surface area contributed by atoms with Crippen molar-refractivity contribution in [3.8, 4) is 0 Å². The van der Waals surface area contributed by atoms with E-state index in [1.807, 2.05) is 0 Å². The lowest BCUT2D eigenvalue weighted by Crippen LogP contribution is -2.04. The Morgan fingerprint density at radius 3 is 0.889 bits per heavy atom. The van der Waals surface area contributed by atoms with Gasteiger partial charge in [-0.2, -0.15) is 0 Å². The highest BCUT2D eigenvalue weighted by atomic mass is 16.3. The molecule has 0 bridgehead atoms. The first-order valence-corrected chi connectivity index (χ1v) is 8.55. The molecular weight excluding hydrogens is 220 g/mol. The van der Waals surface area contributed by atoms with Gasteiger partial charge in [0.2, 0.25) is 0 Å². The van der Waals surface area contributed by atoms with E-state index in [4.69, 9.17) is 0 Å². The van der Waals surface area contributed by atoms with Crippen LogP contribution in [0.4, 0.5) is 0 Å². The summed E-state index contributed by atoms with van der Waals surface area (Å²) in [5.74, 6) is 0. The Hall–Kier alpha value is -0.0400. The molecule has 1 nitrogen and oxygen atoms in total. The van der Waals surface area contributed by atoms with Crippen LogP contribution >= 0.6 is 0 Å². The fraction of sp³-hybridized carbons (Fsp3) is 1.00. The molecule has 0 heterocycles. The van der Waals surface area contributed by atoms with Crippen molar-refractivity contribution in [2.75, 3.05) is 0 Å². The monoisotopic (exact) mass is 253 g/mol. The first-order chi connectivity index (χ1) is 8.89. The zero-order valence-electron chi connectivity index (χ0n) is 12.3. The fourth-order valence-electron chi connectivity index (χ4n) is 3.01. The van der Waals surface area contributed by atoms with Crippen LogP contribution in [0.15, 0.2) is 0 Å². The molecule has 0 spiro atoms. The van der Waals surface area contributed by atoms with Gasteiger partial charge in [-0.25, -0.2) is 5.11 Å². The van der Waals surface area contributed by atoms with Gasteiger partial charge in [-0.1, -0.05) is 89.9 Å². The van der Waals surface area contributed by atoms with E-state index in [9.17, 15) is 5.11 Å². The molecule has 1 saturated carbocycles. The van der Waals surface area contributed by atoms with Crippen LogP contribution in [0.2, 0.25) is 0 Å². The molecule has 1 aliphatic carbocycles. The van der Waals surface area contributed by atoms with Gasteiger partial charge in [0.25, 0.3) is 0 Å². The van der Waals surface area contributed by atoms with Gasteiger partial charge in [0.1, 0.15) is 0 Å². The lowest BCUT2D eigenvalue weighted by molar-refractivity contribution is 0.0688. The zero-order valence-corrected chi connectivity index (χ0v) is 12.3. The van der Waals surface area contributed by atoms with E-state index in [-0.39, 0.29) is 6.10 Å². The molecule has 0 aliphatic heterocycles. The third-order valence-corrected chi connectivity index (χ3v) is 4.30. The first-order valence-electron chi connectivity index (χ1n) is 8.55. The summed E-state index contributed by atoms with van der Waals surface area (Å²) in [4.78, 5) is 0. The van der Waals surface area contributed by atoms with Crippen molar-refractivity contribution >= 4 is 0 Å². The Balaban J connectivity index is 2.09. The summed E-state index contributed by atoms with van der Waals surface area (Å²) in [5, 5.41) is 11.7. The van der Waals surface area contributed by atoms with Crippen molar-refractivity contribution in [2.24, 2.45) is 0 Å². The van der Waals surface area contributed by atoms with Crippen LogP contribution in [0.5, 0.6) is 0 Å². The lowest BCUT2D eigenvalue weighted by Gasteiger charge is -2.08. The molecule has 0 aromatic carbocycles. The van der Waals surface area contributed by atoms with Gasteiger partial charge in [0.05, 0.1) is 6.10 Å². The largest absolute Gasteiger partial charge is 0.233 e. The number of hydrogen-bond donors (Lipinski definition) is 0. The molecule has 0 saturated heterocycles. The summed E-state index contributed by atoms with van der Waals surface area (Å²) in [6, 6.07) is 0. The third-order valence-electron chi connectivity index (χ3n) is 4.30. The summed E-state index contributed by atoms with van der Waals surface area (Å²) in [5.41, 5.74) is 0. The molecule has 1 fully saturated rings. The molecule has 1 rings (SSSR count). The number of hydrogen-bond acceptors (Lipinski definition) is 0. The van der Waals surface area contributed by atoms with Gasteiger partial charge >= 0.3 is 0 Å². The maximum absolute atomic E-state index is 11.7. The minimum atomic E-state index is -0.263. The van der Waals surface area contributed by atoms with Crippen LogP contribution in [0, 0.1) is 0 Å². The standard InChI is InChI=1S/C17H33O/c18-17-15-13-11-9-7-5-3-1-2-4-6-8-10-12-14-16-17/h17H,1-16H2. The molecule has 0 amide bonds. The van der Waals surface area contributed by atoms with Gasteiger partial charge < -0.3 is 0 Å². The van der Waals surface area contributed by atoms with Crippen molar-refractivity contribution in [3.63, 3.8) is 0 Å². The SMILES string of the molecule is [O]C1CCCCCCCCCCCCCCCC1. The molecule has 1 heteroatoms. The van der Waals surface area contributed by atoms with E-state index in [0.29, 0.717) is 0 Å². The summed E-state index contributed by atoms with van der Waals surface area (Å²) < 4.78 is 0. The predicted octanol–water partition coefficient (Wildman–Crippen LogP) is 6.04. The van der Waals surface area contributed by atoms with Crippen molar-refractivity contribution in [1.82, 2.24) is 0 Å². The second kappa shape index (κ2) is 12.0. The molecule has 0 N–H and O–H groups in total. The van der Waals surface area contributed by atoms with Crippen LogP contribution < -0.4 is 0 Å². The van der Waals surface area contributed by atoms with Crippen LogP contribution in [0.3, 0.4) is 0 Å². The Morgan fingerprint density at radius 1 is 0.389 bits per heavy atom. The van der Waals surface area contributed by atoms with Gasteiger partial charge in [-0.05, 0) is 12.8 Å². The average molecular weight is 253 g/mol. The summed E-state index contributed by atoms with van der Waals surface area (Å²) in [6.07, 6.45) is 20.6. The number of rotatable bonds is 0. The summed E-state index contributed by atoms with van der Waals surface area (Å²) in [7, 11) is 0. The Bertz CT molecular complexity index is 149. The van der Waals surface area contributed by atoms with Crippen molar-refractivity contribution < 1.29 is 5.11 Å². The van der Waals surface area contributed by atoms with Crippen molar-refractivity contribution in [2.45, 2.75) is 109 Å². The van der Waals surface area contributed by atoms with E-state index < -0.39 is 0 Å². The summed E-state index contributed by atoms with van der Waals surface area (Å²) in [6.45, 7) is 0. The van der Waals surface area contributed by atoms with E-state index >= 15 is 0 Å². The third kappa shape index (κ3) is 9.94. The molecule has 0 aromatic heterocycles. The lowest BCUT2D eigenvalue weighted by atomic mass is 10.0. The fourth-order valence-corrected chi connectivity index (χ4v) is 3.01. The molecule has 107 valence electrons. The van der Waals surface area contributed by atoms with E-state index in [1.165, 1.54) is 89.9 Å². The second-order valence-corrected chi connectivity index (χ2v) is 6.15. The first kappa shape index (κ1) is 16.0. The van der Waals surface area contributed by atoms with Crippen molar-refractivity contribution in [1.29, 1.82) is 0 Å². The van der Waals surface area contributed by atoms with E-state index in [0.717, 1.165) is 12.8 Å². The molecule has 0 atom stereocenters. The van der Waals surface area contributed by atoms with Gasteiger partial charge in [-0.15, -0.1) is 0 Å². The smallest absolute Gasteiger partial charge is 0.0930 e. The minimum absolute atomic E-state index is 0.263. The van der Waals surface area contributed by atoms with Gasteiger partial charge in [0, 0.05) is 0 Å². The molecule has 0 aromatic rings. The quantitative estimate of drug-likeness (QED) is 0.501. The normalized spacial score (nSPS) is 24.5. The highest BCUT2D eigenvalue weighted by Gasteiger charge is 2.05. The van der Waals surface area contributed by atoms with E-state index in [1.54, 1.807) is 0 Å². The summed E-state index contributed by atoms with van der Waals surface area (Å²) >= 11 is 0. The molecule has 0 unspecified atom stereocenters. The topological polar surface area (TPSA) is 19.9 Å². The van der Waals surface area contributed by atoms with Gasteiger partial charge in [-0.3, -0.25) is 0 Å². The molecule has 18 heavy (non-hydrogen) atoms. The highest BCUT2D eigenvalue weighted by Crippen LogP contribution is 2.16. The van der Waals surface area contributed by atoms with Crippen molar-refractivity contribution in [3.05, 3.63) is 0 Å². The molecular formula is C17H33O. The van der Waals surface area contributed by atoms with Crippen LogP contribution in [0.25, 0.3) is 0 Å². The Morgan fingerprint density at radius 2 is 0.611 bits per heavy atom. The minimum Gasteiger partial charge on any atom is -0.233 e.